The highest BCUT2D eigenvalue weighted by Gasteiger charge is 2.08. The van der Waals surface area contributed by atoms with E-state index < -0.39 is 0 Å². The Morgan fingerprint density at radius 1 is 1.12 bits per heavy atom. The molecule has 26 heavy (non-hydrogen) atoms. The SMILES string of the molecule is N#Cc1cccc(NC(=O)c2cnc(NCc3ccc(Cl)cc3)nc2)c1. The fourth-order valence-electron chi connectivity index (χ4n) is 2.19. The minimum Gasteiger partial charge on any atom is -0.350 e. The summed E-state index contributed by atoms with van der Waals surface area (Å²) in [6, 6.07) is 16.1. The first-order valence-electron chi connectivity index (χ1n) is 7.76. The molecule has 0 unspecified atom stereocenters. The molecule has 2 aromatic carbocycles. The molecule has 0 aliphatic carbocycles. The summed E-state index contributed by atoms with van der Waals surface area (Å²) in [5, 5.41) is 15.4. The second-order valence-electron chi connectivity index (χ2n) is 5.42. The molecule has 7 heteroatoms. The van der Waals surface area contributed by atoms with E-state index in [1.165, 1.54) is 12.4 Å². The fourth-order valence-corrected chi connectivity index (χ4v) is 2.32. The summed E-state index contributed by atoms with van der Waals surface area (Å²) in [7, 11) is 0. The Bertz CT molecular complexity index is 949. The normalized spacial score (nSPS) is 10.0. The molecule has 1 aromatic heterocycles. The second-order valence-corrected chi connectivity index (χ2v) is 5.86. The number of nitriles is 1. The van der Waals surface area contributed by atoms with Gasteiger partial charge in [0.25, 0.3) is 5.91 Å². The van der Waals surface area contributed by atoms with Crippen LogP contribution in [-0.4, -0.2) is 15.9 Å². The summed E-state index contributed by atoms with van der Waals surface area (Å²) >= 11 is 5.85. The zero-order valence-electron chi connectivity index (χ0n) is 13.6. The number of nitrogens with one attached hydrogen (secondary N) is 2. The maximum absolute atomic E-state index is 12.2. The smallest absolute Gasteiger partial charge is 0.258 e. The number of benzene rings is 2. The molecule has 0 spiro atoms. The summed E-state index contributed by atoms with van der Waals surface area (Å²) in [5.74, 6) is 0.0762. The van der Waals surface area contributed by atoms with E-state index in [4.69, 9.17) is 16.9 Å². The van der Waals surface area contributed by atoms with E-state index in [1.807, 2.05) is 30.3 Å². The summed E-state index contributed by atoms with van der Waals surface area (Å²) in [6.07, 6.45) is 2.89. The van der Waals surface area contributed by atoms with Crippen LogP contribution in [0.5, 0.6) is 0 Å². The monoisotopic (exact) mass is 363 g/mol. The molecule has 128 valence electrons. The molecule has 0 radical (unpaired) electrons. The van der Waals surface area contributed by atoms with Crippen LogP contribution >= 0.6 is 11.6 Å². The van der Waals surface area contributed by atoms with Crippen molar-refractivity contribution in [3.05, 3.63) is 82.6 Å². The van der Waals surface area contributed by atoms with Gasteiger partial charge in [-0.3, -0.25) is 4.79 Å². The standard InChI is InChI=1S/C19H14ClN5O/c20-16-6-4-13(5-7-16)10-22-19-23-11-15(12-24-19)18(26)25-17-3-1-2-14(8-17)9-21/h1-8,11-12H,10H2,(H,25,26)(H,22,23,24). The van der Waals surface area contributed by atoms with Crippen molar-refractivity contribution >= 4 is 29.1 Å². The van der Waals surface area contributed by atoms with Crippen molar-refractivity contribution in [2.75, 3.05) is 10.6 Å². The fraction of sp³-hybridized carbons (Fsp3) is 0.0526. The molecule has 0 aliphatic rings. The van der Waals surface area contributed by atoms with Crippen LogP contribution < -0.4 is 10.6 Å². The Morgan fingerprint density at radius 2 is 1.85 bits per heavy atom. The zero-order valence-corrected chi connectivity index (χ0v) is 14.4. The molecule has 2 N–H and O–H groups in total. The summed E-state index contributed by atoms with van der Waals surface area (Å²) in [4.78, 5) is 20.5. The van der Waals surface area contributed by atoms with Gasteiger partial charge in [0.05, 0.1) is 17.2 Å². The van der Waals surface area contributed by atoms with Crippen molar-refractivity contribution in [1.29, 1.82) is 5.26 Å². The maximum Gasteiger partial charge on any atom is 0.258 e. The predicted molar refractivity (Wildman–Crippen MR) is 99.9 cm³/mol. The highest BCUT2D eigenvalue weighted by atomic mass is 35.5. The molecular weight excluding hydrogens is 350 g/mol. The van der Waals surface area contributed by atoms with Gasteiger partial charge in [0.15, 0.2) is 0 Å². The van der Waals surface area contributed by atoms with Crippen molar-refractivity contribution < 1.29 is 4.79 Å². The Morgan fingerprint density at radius 3 is 2.54 bits per heavy atom. The van der Waals surface area contributed by atoms with Crippen LogP contribution in [-0.2, 0) is 6.54 Å². The molecule has 0 atom stereocenters. The molecule has 0 saturated heterocycles. The van der Waals surface area contributed by atoms with Crippen LogP contribution in [0, 0.1) is 11.3 Å². The van der Waals surface area contributed by atoms with Crippen LogP contribution in [0.2, 0.25) is 5.02 Å². The number of amides is 1. The van der Waals surface area contributed by atoms with E-state index in [9.17, 15) is 4.79 Å². The molecule has 6 nitrogen and oxygen atoms in total. The molecule has 1 heterocycles. The lowest BCUT2D eigenvalue weighted by Crippen LogP contribution is -2.13. The van der Waals surface area contributed by atoms with Gasteiger partial charge in [0.2, 0.25) is 5.95 Å². The average molecular weight is 364 g/mol. The van der Waals surface area contributed by atoms with Gasteiger partial charge in [-0.15, -0.1) is 0 Å². The van der Waals surface area contributed by atoms with Crippen LogP contribution in [0.3, 0.4) is 0 Å². The van der Waals surface area contributed by atoms with Crippen molar-refractivity contribution in [2.24, 2.45) is 0 Å². The van der Waals surface area contributed by atoms with E-state index in [2.05, 4.69) is 20.6 Å². The van der Waals surface area contributed by atoms with Crippen molar-refractivity contribution in [3.8, 4) is 6.07 Å². The van der Waals surface area contributed by atoms with Crippen LogP contribution in [0.15, 0.2) is 60.9 Å². The number of aromatic nitrogens is 2. The second kappa shape index (κ2) is 8.10. The van der Waals surface area contributed by atoms with E-state index in [0.717, 1.165) is 5.56 Å². The third-order valence-corrected chi connectivity index (χ3v) is 3.78. The molecule has 1 amide bonds. The van der Waals surface area contributed by atoms with Gasteiger partial charge >= 0.3 is 0 Å². The van der Waals surface area contributed by atoms with Crippen LogP contribution in [0.4, 0.5) is 11.6 Å². The Balaban J connectivity index is 1.60. The van der Waals surface area contributed by atoms with Crippen molar-refractivity contribution in [1.82, 2.24) is 9.97 Å². The van der Waals surface area contributed by atoms with Crippen LogP contribution in [0.25, 0.3) is 0 Å². The maximum atomic E-state index is 12.2. The minimum absolute atomic E-state index is 0.324. The minimum atomic E-state index is -0.343. The van der Waals surface area contributed by atoms with Crippen molar-refractivity contribution in [2.45, 2.75) is 6.54 Å². The number of hydrogen-bond donors (Lipinski definition) is 2. The summed E-state index contributed by atoms with van der Waals surface area (Å²) < 4.78 is 0. The quantitative estimate of drug-likeness (QED) is 0.718. The first-order chi connectivity index (χ1) is 12.6. The van der Waals surface area contributed by atoms with Crippen LogP contribution in [0.1, 0.15) is 21.5 Å². The van der Waals surface area contributed by atoms with E-state index in [0.29, 0.717) is 34.3 Å². The predicted octanol–water partition coefficient (Wildman–Crippen LogP) is 3.87. The Kier molecular flexibility index (Phi) is 5.42. The number of rotatable bonds is 5. The van der Waals surface area contributed by atoms with Gasteiger partial charge in [-0.1, -0.05) is 29.8 Å². The number of carbonyl (C=O) groups is 1. The number of halogens is 1. The Labute approximate surface area is 155 Å². The molecular formula is C19H14ClN5O. The molecule has 3 aromatic rings. The summed E-state index contributed by atoms with van der Waals surface area (Å²) in [5.41, 5.74) is 2.38. The van der Waals surface area contributed by atoms with Gasteiger partial charge in [-0.05, 0) is 35.9 Å². The molecule has 0 fully saturated rings. The molecule has 0 aliphatic heterocycles. The average Bonchev–Trinajstić information content (AvgIpc) is 2.68. The highest BCUT2D eigenvalue weighted by Crippen LogP contribution is 2.13. The van der Waals surface area contributed by atoms with Gasteiger partial charge in [-0.25, -0.2) is 9.97 Å². The lowest BCUT2D eigenvalue weighted by Gasteiger charge is -2.07. The number of carbonyl (C=O) groups excluding carboxylic acids is 1. The third-order valence-electron chi connectivity index (χ3n) is 3.53. The number of anilines is 2. The number of hydrogen-bond acceptors (Lipinski definition) is 5. The lowest BCUT2D eigenvalue weighted by molar-refractivity contribution is 0.102. The Hall–Kier alpha value is -3.43. The zero-order chi connectivity index (χ0) is 18.4. The highest BCUT2D eigenvalue weighted by molar-refractivity contribution is 6.30. The lowest BCUT2D eigenvalue weighted by atomic mass is 10.2. The van der Waals surface area contributed by atoms with Gasteiger partial charge in [0, 0.05) is 29.6 Å². The van der Waals surface area contributed by atoms with E-state index >= 15 is 0 Å². The topological polar surface area (TPSA) is 90.7 Å². The summed E-state index contributed by atoms with van der Waals surface area (Å²) in [6.45, 7) is 0.545. The van der Waals surface area contributed by atoms with E-state index in [1.54, 1.807) is 24.3 Å². The van der Waals surface area contributed by atoms with Crippen molar-refractivity contribution in [3.63, 3.8) is 0 Å². The first-order valence-corrected chi connectivity index (χ1v) is 8.14. The first kappa shape index (κ1) is 17.4. The molecule has 0 bridgehead atoms. The molecule has 0 saturated carbocycles. The van der Waals surface area contributed by atoms with Gasteiger partial charge in [-0.2, -0.15) is 5.26 Å². The largest absolute Gasteiger partial charge is 0.350 e. The van der Waals surface area contributed by atoms with E-state index in [-0.39, 0.29) is 5.91 Å². The molecule has 3 rings (SSSR count). The van der Waals surface area contributed by atoms with Gasteiger partial charge in [0.1, 0.15) is 0 Å². The third kappa shape index (κ3) is 4.56. The van der Waals surface area contributed by atoms with Gasteiger partial charge < -0.3 is 10.6 Å². The number of nitrogens with zero attached hydrogens (tertiary/aromatic N) is 3.